The Morgan fingerprint density at radius 1 is 1.39 bits per heavy atom. The van der Waals surface area contributed by atoms with Gasteiger partial charge in [-0.1, -0.05) is 17.7 Å². The van der Waals surface area contributed by atoms with Gasteiger partial charge in [-0.2, -0.15) is 0 Å². The summed E-state index contributed by atoms with van der Waals surface area (Å²) >= 11 is 6.02. The average Bonchev–Trinajstić information content (AvgIpc) is 2.45. The van der Waals surface area contributed by atoms with Gasteiger partial charge in [0.1, 0.15) is 11.4 Å². The molecule has 128 valence electrons. The van der Waals surface area contributed by atoms with Gasteiger partial charge in [0.15, 0.2) is 0 Å². The molecule has 1 aliphatic heterocycles. The number of rotatable bonds is 3. The third kappa shape index (κ3) is 5.36. The fourth-order valence-corrected chi connectivity index (χ4v) is 2.77. The lowest BCUT2D eigenvalue weighted by atomic mass is 10.0. The highest BCUT2D eigenvalue weighted by Crippen LogP contribution is 2.20. The van der Waals surface area contributed by atoms with E-state index >= 15 is 0 Å². The summed E-state index contributed by atoms with van der Waals surface area (Å²) in [5.41, 5.74) is 0.0112. The van der Waals surface area contributed by atoms with Crippen LogP contribution >= 0.6 is 11.6 Å². The highest BCUT2D eigenvalue weighted by atomic mass is 35.5. The summed E-state index contributed by atoms with van der Waals surface area (Å²) in [5.74, 6) is -0.295. The number of hydrogen-bond acceptors (Lipinski definition) is 3. The van der Waals surface area contributed by atoms with Crippen molar-refractivity contribution in [3.8, 4) is 0 Å². The first kappa shape index (κ1) is 18.0. The Morgan fingerprint density at radius 3 is 2.61 bits per heavy atom. The van der Waals surface area contributed by atoms with Gasteiger partial charge < -0.3 is 15.0 Å². The van der Waals surface area contributed by atoms with Crippen LogP contribution in [0.2, 0.25) is 5.02 Å². The van der Waals surface area contributed by atoms with Crippen LogP contribution in [0.1, 0.15) is 39.2 Å². The van der Waals surface area contributed by atoms with E-state index in [0.29, 0.717) is 30.2 Å². The molecule has 1 aromatic rings. The number of nitrogens with zero attached hydrogens (tertiary/aromatic N) is 1. The molecule has 2 rings (SSSR count). The molecule has 1 heterocycles. The SMILES string of the molecule is CC(C)(C)OC(=O)N1CCC(NCc2c(F)cccc2Cl)CC1. The van der Waals surface area contributed by atoms with Crippen molar-refractivity contribution in [2.45, 2.75) is 51.8 Å². The quantitative estimate of drug-likeness (QED) is 0.903. The molecule has 0 unspecified atom stereocenters. The number of halogens is 2. The van der Waals surface area contributed by atoms with Gasteiger partial charge in [0.05, 0.1) is 0 Å². The molecule has 0 bridgehead atoms. The van der Waals surface area contributed by atoms with E-state index in [1.54, 1.807) is 17.0 Å². The monoisotopic (exact) mass is 342 g/mol. The van der Waals surface area contributed by atoms with Gasteiger partial charge in [0, 0.05) is 36.3 Å². The zero-order chi connectivity index (χ0) is 17.0. The van der Waals surface area contributed by atoms with E-state index in [-0.39, 0.29) is 18.0 Å². The van der Waals surface area contributed by atoms with E-state index in [4.69, 9.17) is 16.3 Å². The first-order valence-corrected chi connectivity index (χ1v) is 8.28. The molecule has 0 spiro atoms. The fraction of sp³-hybridized carbons (Fsp3) is 0.588. The van der Waals surface area contributed by atoms with Gasteiger partial charge in [-0.25, -0.2) is 9.18 Å². The largest absolute Gasteiger partial charge is 0.444 e. The molecule has 0 aromatic heterocycles. The van der Waals surface area contributed by atoms with E-state index in [0.717, 1.165) is 12.8 Å². The van der Waals surface area contributed by atoms with Crippen molar-refractivity contribution < 1.29 is 13.9 Å². The molecule has 1 aliphatic rings. The Balaban J connectivity index is 1.80. The molecule has 6 heteroatoms. The maximum absolute atomic E-state index is 13.7. The zero-order valence-electron chi connectivity index (χ0n) is 13.9. The van der Waals surface area contributed by atoms with Crippen LogP contribution in [-0.2, 0) is 11.3 Å². The number of benzene rings is 1. The number of hydrogen-bond donors (Lipinski definition) is 1. The van der Waals surface area contributed by atoms with E-state index in [9.17, 15) is 9.18 Å². The average molecular weight is 343 g/mol. The molecular formula is C17H24ClFN2O2. The first-order valence-electron chi connectivity index (χ1n) is 7.90. The summed E-state index contributed by atoms with van der Waals surface area (Å²) < 4.78 is 19.1. The molecular weight excluding hydrogens is 319 g/mol. The van der Waals surface area contributed by atoms with Crippen LogP contribution in [0.4, 0.5) is 9.18 Å². The standard InChI is InChI=1S/C17H24ClFN2O2/c1-17(2,3)23-16(22)21-9-7-12(8-10-21)20-11-13-14(18)5-4-6-15(13)19/h4-6,12,20H,7-11H2,1-3H3. The normalized spacial score (nSPS) is 16.5. The second kappa shape index (κ2) is 7.49. The zero-order valence-corrected chi connectivity index (χ0v) is 14.6. The third-order valence-corrected chi connectivity index (χ3v) is 4.13. The van der Waals surface area contributed by atoms with Crippen LogP contribution in [0.25, 0.3) is 0 Å². The summed E-state index contributed by atoms with van der Waals surface area (Å²) in [6.45, 7) is 7.24. The van der Waals surface area contributed by atoms with Gasteiger partial charge >= 0.3 is 6.09 Å². The number of carbonyl (C=O) groups is 1. The summed E-state index contributed by atoms with van der Waals surface area (Å²) in [6.07, 6.45) is 1.35. The number of carbonyl (C=O) groups excluding carboxylic acids is 1. The summed E-state index contributed by atoms with van der Waals surface area (Å²) in [4.78, 5) is 13.7. The topological polar surface area (TPSA) is 41.6 Å². The van der Waals surface area contributed by atoms with E-state index in [1.807, 2.05) is 20.8 Å². The van der Waals surface area contributed by atoms with Crippen molar-refractivity contribution in [2.75, 3.05) is 13.1 Å². The molecule has 1 amide bonds. The van der Waals surface area contributed by atoms with Crippen LogP contribution < -0.4 is 5.32 Å². The van der Waals surface area contributed by atoms with E-state index < -0.39 is 5.60 Å². The van der Waals surface area contributed by atoms with Crippen LogP contribution in [0.5, 0.6) is 0 Å². The van der Waals surface area contributed by atoms with Gasteiger partial charge in [-0.15, -0.1) is 0 Å². The molecule has 1 saturated heterocycles. The van der Waals surface area contributed by atoms with Crippen molar-refractivity contribution in [3.63, 3.8) is 0 Å². The smallest absolute Gasteiger partial charge is 0.410 e. The highest BCUT2D eigenvalue weighted by molar-refractivity contribution is 6.31. The first-order chi connectivity index (χ1) is 10.8. The number of nitrogens with one attached hydrogen (secondary N) is 1. The molecule has 0 saturated carbocycles. The van der Waals surface area contributed by atoms with E-state index in [1.165, 1.54) is 6.07 Å². The molecule has 0 atom stereocenters. The van der Waals surface area contributed by atoms with Crippen molar-refractivity contribution in [2.24, 2.45) is 0 Å². The number of ether oxygens (including phenoxy) is 1. The van der Waals surface area contributed by atoms with Gasteiger partial charge in [0.25, 0.3) is 0 Å². The van der Waals surface area contributed by atoms with E-state index in [2.05, 4.69) is 5.32 Å². The van der Waals surface area contributed by atoms with Crippen LogP contribution in [-0.4, -0.2) is 35.7 Å². The Labute approximate surface area is 141 Å². The molecule has 1 fully saturated rings. The second-order valence-corrected chi connectivity index (χ2v) is 7.23. The number of amides is 1. The predicted molar refractivity (Wildman–Crippen MR) is 89.1 cm³/mol. The lowest BCUT2D eigenvalue weighted by Gasteiger charge is -2.33. The molecule has 4 nitrogen and oxygen atoms in total. The van der Waals surface area contributed by atoms with Crippen LogP contribution in [0.15, 0.2) is 18.2 Å². The van der Waals surface area contributed by atoms with Crippen molar-refractivity contribution in [1.82, 2.24) is 10.2 Å². The lowest BCUT2D eigenvalue weighted by molar-refractivity contribution is 0.0198. The van der Waals surface area contributed by atoms with Crippen molar-refractivity contribution in [3.05, 3.63) is 34.6 Å². The van der Waals surface area contributed by atoms with Crippen molar-refractivity contribution in [1.29, 1.82) is 0 Å². The summed E-state index contributed by atoms with van der Waals surface area (Å²) in [5, 5.41) is 3.76. The third-order valence-electron chi connectivity index (χ3n) is 3.78. The van der Waals surface area contributed by atoms with Gasteiger partial charge in [-0.05, 0) is 45.7 Å². The lowest BCUT2D eigenvalue weighted by Crippen LogP contribution is -2.46. The second-order valence-electron chi connectivity index (χ2n) is 6.82. The molecule has 0 aliphatic carbocycles. The maximum atomic E-state index is 13.7. The summed E-state index contributed by atoms with van der Waals surface area (Å²) in [6, 6.07) is 4.94. The Kier molecular flexibility index (Phi) is 5.87. The minimum atomic E-state index is -0.478. The molecule has 1 aromatic carbocycles. The maximum Gasteiger partial charge on any atom is 0.410 e. The molecule has 23 heavy (non-hydrogen) atoms. The minimum absolute atomic E-state index is 0.240. The Morgan fingerprint density at radius 2 is 2.04 bits per heavy atom. The Hall–Kier alpha value is -1.33. The Bertz CT molecular complexity index is 532. The fourth-order valence-electron chi connectivity index (χ4n) is 2.54. The number of piperidine rings is 1. The van der Waals surface area contributed by atoms with Gasteiger partial charge in [0.2, 0.25) is 0 Å². The summed E-state index contributed by atoms with van der Waals surface area (Å²) in [7, 11) is 0. The number of likely N-dealkylation sites (tertiary alicyclic amines) is 1. The van der Waals surface area contributed by atoms with Crippen LogP contribution in [0.3, 0.4) is 0 Å². The molecule has 0 radical (unpaired) electrons. The molecule has 1 N–H and O–H groups in total. The minimum Gasteiger partial charge on any atom is -0.444 e. The van der Waals surface area contributed by atoms with Crippen molar-refractivity contribution >= 4 is 17.7 Å². The predicted octanol–water partition coefficient (Wildman–Crippen LogP) is 3.97. The highest BCUT2D eigenvalue weighted by Gasteiger charge is 2.26. The van der Waals surface area contributed by atoms with Gasteiger partial charge in [-0.3, -0.25) is 0 Å². The van der Waals surface area contributed by atoms with Crippen LogP contribution in [0, 0.1) is 5.82 Å².